The lowest BCUT2D eigenvalue weighted by Crippen LogP contribution is -2.34. The average Bonchev–Trinajstić information content (AvgIpc) is 2.83. The first-order valence-corrected chi connectivity index (χ1v) is 7.47. The largest absolute Gasteiger partial charge is 0.390 e. The summed E-state index contributed by atoms with van der Waals surface area (Å²) < 4.78 is 0. The van der Waals surface area contributed by atoms with E-state index < -0.39 is 0 Å². The molecule has 2 saturated carbocycles. The fourth-order valence-corrected chi connectivity index (χ4v) is 3.93. The number of unbranched alkanes of at least 4 members (excludes halogenated alkanes) is 5. The molecule has 0 aromatic carbocycles. The first kappa shape index (κ1) is 12.4. The van der Waals surface area contributed by atoms with Crippen molar-refractivity contribution in [2.75, 3.05) is 0 Å². The van der Waals surface area contributed by atoms with Crippen LogP contribution in [0.4, 0.5) is 0 Å². The molecule has 0 amide bonds. The Morgan fingerprint density at radius 3 is 2.44 bits per heavy atom. The van der Waals surface area contributed by atoms with E-state index in [-0.39, 0.29) is 5.60 Å². The van der Waals surface area contributed by atoms with Crippen molar-refractivity contribution in [1.29, 1.82) is 0 Å². The highest BCUT2D eigenvalue weighted by Crippen LogP contribution is 2.52. The Balaban J connectivity index is 1.59. The second kappa shape index (κ2) is 5.53. The van der Waals surface area contributed by atoms with Crippen molar-refractivity contribution in [3.63, 3.8) is 0 Å². The fraction of sp³-hybridized carbons (Fsp3) is 1.00. The van der Waals surface area contributed by atoms with Gasteiger partial charge in [0.05, 0.1) is 5.60 Å². The Hall–Kier alpha value is -0.0400. The molecule has 1 nitrogen and oxygen atoms in total. The van der Waals surface area contributed by atoms with Crippen LogP contribution in [-0.4, -0.2) is 10.7 Å². The highest BCUT2D eigenvalue weighted by atomic mass is 16.3. The zero-order chi connectivity index (χ0) is 11.4. The minimum Gasteiger partial charge on any atom is -0.390 e. The van der Waals surface area contributed by atoms with Crippen LogP contribution in [0.3, 0.4) is 0 Å². The van der Waals surface area contributed by atoms with Gasteiger partial charge in [0.1, 0.15) is 0 Å². The summed E-state index contributed by atoms with van der Waals surface area (Å²) in [6, 6.07) is 0. The van der Waals surface area contributed by atoms with Crippen molar-refractivity contribution in [3.05, 3.63) is 0 Å². The molecule has 3 atom stereocenters. The molecule has 0 radical (unpaired) electrons. The molecular weight excluding hydrogens is 196 g/mol. The molecule has 0 spiro atoms. The zero-order valence-corrected chi connectivity index (χ0v) is 10.9. The summed E-state index contributed by atoms with van der Waals surface area (Å²) in [6.07, 6.45) is 14.3. The zero-order valence-electron chi connectivity index (χ0n) is 10.9. The minimum absolute atomic E-state index is 0.242. The van der Waals surface area contributed by atoms with Crippen molar-refractivity contribution in [2.24, 2.45) is 11.8 Å². The van der Waals surface area contributed by atoms with Crippen molar-refractivity contribution < 1.29 is 5.11 Å². The summed E-state index contributed by atoms with van der Waals surface area (Å²) in [5, 5.41) is 10.6. The van der Waals surface area contributed by atoms with Crippen molar-refractivity contribution in [2.45, 2.75) is 83.2 Å². The van der Waals surface area contributed by atoms with E-state index in [1.807, 2.05) is 0 Å². The maximum absolute atomic E-state index is 10.6. The second-order valence-electron chi connectivity index (χ2n) is 6.20. The van der Waals surface area contributed by atoms with E-state index >= 15 is 0 Å². The van der Waals surface area contributed by atoms with Gasteiger partial charge in [0.15, 0.2) is 0 Å². The molecule has 2 aliphatic carbocycles. The predicted molar refractivity (Wildman–Crippen MR) is 68.4 cm³/mol. The summed E-state index contributed by atoms with van der Waals surface area (Å²) >= 11 is 0. The van der Waals surface area contributed by atoms with Gasteiger partial charge in [0.2, 0.25) is 0 Å². The van der Waals surface area contributed by atoms with Crippen molar-refractivity contribution in [1.82, 2.24) is 0 Å². The van der Waals surface area contributed by atoms with Gasteiger partial charge in [-0.15, -0.1) is 0 Å². The molecule has 2 rings (SSSR count). The summed E-state index contributed by atoms with van der Waals surface area (Å²) in [4.78, 5) is 0. The third-order valence-corrected chi connectivity index (χ3v) is 4.91. The first-order chi connectivity index (χ1) is 7.74. The molecule has 16 heavy (non-hydrogen) atoms. The third kappa shape index (κ3) is 2.80. The highest BCUT2D eigenvalue weighted by Gasteiger charge is 2.48. The number of fused-ring (bicyclic) bond motifs is 2. The van der Waals surface area contributed by atoms with E-state index in [1.165, 1.54) is 57.8 Å². The predicted octanol–water partition coefficient (Wildman–Crippen LogP) is 4.29. The topological polar surface area (TPSA) is 20.2 Å². The molecule has 94 valence electrons. The Morgan fingerprint density at radius 1 is 1.06 bits per heavy atom. The standard InChI is InChI=1S/C15H28O/c1-2-3-4-5-6-7-10-15(16)12-13-8-9-14(15)11-13/h13-14,16H,2-12H2,1H3. The monoisotopic (exact) mass is 224 g/mol. The Morgan fingerprint density at radius 2 is 1.81 bits per heavy atom. The molecule has 1 N–H and O–H groups in total. The van der Waals surface area contributed by atoms with E-state index in [4.69, 9.17) is 0 Å². The quantitative estimate of drug-likeness (QED) is 0.640. The molecule has 0 heterocycles. The second-order valence-corrected chi connectivity index (χ2v) is 6.20. The van der Waals surface area contributed by atoms with Gasteiger partial charge in [-0.2, -0.15) is 0 Å². The molecule has 0 saturated heterocycles. The van der Waals surface area contributed by atoms with Gasteiger partial charge in [-0.1, -0.05) is 45.4 Å². The third-order valence-electron chi connectivity index (χ3n) is 4.91. The smallest absolute Gasteiger partial charge is 0.0678 e. The maximum Gasteiger partial charge on any atom is 0.0678 e. The van der Waals surface area contributed by atoms with Crippen LogP contribution < -0.4 is 0 Å². The van der Waals surface area contributed by atoms with Gasteiger partial charge >= 0.3 is 0 Å². The summed E-state index contributed by atoms with van der Waals surface area (Å²) in [5.41, 5.74) is -0.242. The Kier molecular flexibility index (Phi) is 4.29. The van der Waals surface area contributed by atoms with Crippen LogP contribution in [0.15, 0.2) is 0 Å². The lowest BCUT2D eigenvalue weighted by Gasteiger charge is -2.32. The van der Waals surface area contributed by atoms with Crippen LogP contribution in [0.5, 0.6) is 0 Å². The molecule has 0 aromatic rings. The highest BCUT2D eigenvalue weighted by molar-refractivity contribution is 5.00. The number of hydrogen-bond acceptors (Lipinski definition) is 1. The van der Waals surface area contributed by atoms with Gasteiger partial charge in [-0.25, -0.2) is 0 Å². The van der Waals surface area contributed by atoms with Crippen molar-refractivity contribution in [3.8, 4) is 0 Å². The van der Waals surface area contributed by atoms with E-state index in [2.05, 4.69) is 6.92 Å². The number of hydrogen-bond donors (Lipinski definition) is 1. The fourth-order valence-electron chi connectivity index (χ4n) is 3.93. The maximum atomic E-state index is 10.6. The minimum atomic E-state index is -0.242. The van der Waals surface area contributed by atoms with Gasteiger partial charge in [-0.05, 0) is 43.9 Å². The number of rotatable bonds is 7. The average molecular weight is 224 g/mol. The van der Waals surface area contributed by atoms with Crippen LogP contribution in [0.25, 0.3) is 0 Å². The normalized spacial score (nSPS) is 37.1. The first-order valence-electron chi connectivity index (χ1n) is 7.47. The van der Waals surface area contributed by atoms with E-state index in [0.717, 1.165) is 18.8 Å². The van der Waals surface area contributed by atoms with E-state index in [9.17, 15) is 5.11 Å². The molecule has 0 aliphatic heterocycles. The number of aliphatic hydroxyl groups is 1. The lowest BCUT2D eigenvalue weighted by atomic mass is 9.80. The lowest BCUT2D eigenvalue weighted by molar-refractivity contribution is -0.0225. The van der Waals surface area contributed by atoms with Crippen LogP contribution in [-0.2, 0) is 0 Å². The van der Waals surface area contributed by atoms with Gasteiger partial charge < -0.3 is 5.11 Å². The molecule has 3 unspecified atom stereocenters. The van der Waals surface area contributed by atoms with Crippen LogP contribution in [0.2, 0.25) is 0 Å². The van der Waals surface area contributed by atoms with Crippen LogP contribution in [0.1, 0.15) is 77.6 Å². The van der Waals surface area contributed by atoms with Crippen LogP contribution in [0, 0.1) is 11.8 Å². The van der Waals surface area contributed by atoms with Gasteiger partial charge in [0.25, 0.3) is 0 Å². The molecule has 2 aliphatic rings. The molecule has 2 bridgehead atoms. The summed E-state index contributed by atoms with van der Waals surface area (Å²) in [6.45, 7) is 2.26. The van der Waals surface area contributed by atoms with Crippen LogP contribution >= 0.6 is 0 Å². The molecular formula is C15H28O. The van der Waals surface area contributed by atoms with E-state index in [1.54, 1.807) is 0 Å². The molecule has 0 aromatic heterocycles. The summed E-state index contributed by atoms with van der Waals surface area (Å²) in [7, 11) is 0. The Labute approximate surface area is 101 Å². The Bertz CT molecular complexity index is 213. The van der Waals surface area contributed by atoms with Gasteiger partial charge in [-0.3, -0.25) is 0 Å². The SMILES string of the molecule is CCCCCCCCC1(O)CC2CCC1C2. The van der Waals surface area contributed by atoms with E-state index in [0.29, 0.717) is 5.92 Å². The van der Waals surface area contributed by atoms with Crippen molar-refractivity contribution >= 4 is 0 Å². The molecule has 2 fully saturated rings. The van der Waals surface area contributed by atoms with Gasteiger partial charge in [0, 0.05) is 0 Å². The summed E-state index contributed by atoms with van der Waals surface area (Å²) in [5.74, 6) is 1.53. The molecule has 1 heteroatoms.